The lowest BCUT2D eigenvalue weighted by Crippen LogP contribution is -2.46. The van der Waals surface area contributed by atoms with Gasteiger partial charge in [0.15, 0.2) is 0 Å². The van der Waals surface area contributed by atoms with Crippen LogP contribution in [0.15, 0.2) is 23.1 Å². The third-order valence-corrected chi connectivity index (χ3v) is 4.96. The van der Waals surface area contributed by atoms with Gasteiger partial charge >= 0.3 is 0 Å². The Labute approximate surface area is 78.8 Å². The highest BCUT2D eigenvalue weighted by molar-refractivity contribution is 6.89. The van der Waals surface area contributed by atoms with Crippen LogP contribution in [0.25, 0.3) is 0 Å². The topological polar surface area (TPSA) is 42.1 Å². The minimum Gasteiger partial charge on any atom is -0.388 e. The molecule has 0 bridgehead atoms. The molecule has 1 rings (SSSR count). The molecular weight excluding hydrogens is 182 g/mol. The molecule has 13 heavy (non-hydrogen) atoms. The molecule has 0 radical (unpaired) electrons. The summed E-state index contributed by atoms with van der Waals surface area (Å²) < 4.78 is 5.16. The molecule has 0 saturated carbocycles. The van der Waals surface area contributed by atoms with Crippen LogP contribution in [0.5, 0.6) is 0 Å². The summed E-state index contributed by atoms with van der Waals surface area (Å²) in [6.45, 7) is 4.42. The van der Waals surface area contributed by atoms with Crippen LogP contribution in [-0.4, -0.2) is 26.4 Å². The van der Waals surface area contributed by atoms with Gasteiger partial charge in [0.25, 0.3) is 0 Å². The molecule has 1 aromatic heterocycles. The van der Waals surface area contributed by atoms with Crippen molar-refractivity contribution in [3.63, 3.8) is 0 Å². The summed E-state index contributed by atoms with van der Waals surface area (Å²) in [6, 6.07) is 3.46. The number of hydrogen-bond donors (Lipinski definition) is 1. The highest BCUT2D eigenvalue weighted by atomic mass is 28.3. The molecule has 0 aromatic carbocycles. The fraction of sp³-hybridized carbons (Fsp3) is 0.444. The normalized spacial score (nSPS) is 11.6. The van der Waals surface area contributed by atoms with Crippen LogP contribution in [0.2, 0.25) is 13.1 Å². The zero-order chi connectivity index (χ0) is 9.90. The van der Waals surface area contributed by atoms with Crippen molar-refractivity contribution in [3.05, 3.63) is 28.7 Å². The first-order chi connectivity index (χ1) is 6.06. The number of hydrogen-bond acceptors (Lipinski definition) is 2. The molecular formula is C9H15NO2Si. The van der Waals surface area contributed by atoms with Gasteiger partial charge in [-0.2, -0.15) is 0 Å². The van der Waals surface area contributed by atoms with Gasteiger partial charge in [-0.15, -0.1) is 0 Å². The van der Waals surface area contributed by atoms with E-state index in [1.54, 1.807) is 19.4 Å². The van der Waals surface area contributed by atoms with Gasteiger partial charge in [0.05, 0.1) is 0 Å². The minimum absolute atomic E-state index is 0.0500. The lowest BCUT2D eigenvalue weighted by Gasteiger charge is -2.20. The maximum atomic E-state index is 10.8. The maximum absolute atomic E-state index is 10.8. The van der Waals surface area contributed by atoms with Crippen molar-refractivity contribution in [3.8, 4) is 0 Å². The number of nitrogens with one attached hydrogen (secondary N) is 1. The number of methoxy groups -OCH3 is 1. The third-order valence-electron chi connectivity index (χ3n) is 2.07. The second-order valence-electron chi connectivity index (χ2n) is 3.76. The summed E-state index contributed by atoms with van der Waals surface area (Å²) in [4.78, 5) is 13.5. The molecule has 0 atom stereocenters. The molecule has 0 spiro atoms. The van der Waals surface area contributed by atoms with E-state index < -0.39 is 8.07 Å². The molecule has 1 aromatic rings. The van der Waals surface area contributed by atoms with Crippen LogP contribution < -0.4 is 10.7 Å². The van der Waals surface area contributed by atoms with Gasteiger partial charge in [0, 0.05) is 25.6 Å². The zero-order valence-corrected chi connectivity index (χ0v) is 9.26. The summed E-state index contributed by atoms with van der Waals surface area (Å²) >= 11 is 0. The Balaban J connectivity index is 2.93. The summed E-state index contributed by atoms with van der Waals surface area (Å²) in [5, 5.41) is 1.22. The molecule has 0 unspecified atom stereocenters. The number of ether oxygens (including phenoxy) is 1. The van der Waals surface area contributed by atoms with Crippen molar-refractivity contribution >= 4 is 13.3 Å². The van der Waals surface area contributed by atoms with Crippen molar-refractivity contribution < 1.29 is 4.74 Å². The first kappa shape index (κ1) is 10.2. The monoisotopic (exact) mass is 197 g/mol. The van der Waals surface area contributed by atoms with Gasteiger partial charge < -0.3 is 9.72 Å². The van der Waals surface area contributed by atoms with E-state index in [0.29, 0.717) is 0 Å². The lowest BCUT2D eigenvalue weighted by molar-refractivity contribution is 0.247. The van der Waals surface area contributed by atoms with Crippen LogP contribution in [0.1, 0.15) is 0 Å². The number of aromatic amines is 1. The molecule has 72 valence electrons. The molecule has 4 heteroatoms. The van der Waals surface area contributed by atoms with Crippen molar-refractivity contribution in [2.75, 3.05) is 13.3 Å². The summed E-state index contributed by atoms with van der Waals surface area (Å²) in [7, 11) is 0.214. The Morgan fingerprint density at radius 2 is 2.15 bits per heavy atom. The second-order valence-corrected chi connectivity index (χ2v) is 8.39. The Kier molecular flexibility index (Phi) is 3.06. The molecule has 0 amide bonds. The van der Waals surface area contributed by atoms with E-state index >= 15 is 0 Å². The fourth-order valence-electron chi connectivity index (χ4n) is 1.28. The van der Waals surface area contributed by atoms with Crippen molar-refractivity contribution in [1.82, 2.24) is 4.98 Å². The highest BCUT2D eigenvalue weighted by Gasteiger charge is 2.23. The van der Waals surface area contributed by atoms with Crippen LogP contribution >= 0.6 is 0 Å². The van der Waals surface area contributed by atoms with Crippen LogP contribution in [0.4, 0.5) is 0 Å². The Morgan fingerprint density at radius 3 is 2.62 bits per heavy atom. The van der Waals surface area contributed by atoms with Gasteiger partial charge in [-0.3, -0.25) is 4.79 Å². The predicted molar refractivity (Wildman–Crippen MR) is 56.1 cm³/mol. The van der Waals surface area contributed by atoms with Crippen molar-refractivity contribution in [1.29, 1.82) is 0 Å². The SMILES string of the molecule is COC[Si](C)(C)c1ccc(=O)[nH]c1. The van der Waals surface area contributed by atoms with Crippen LogP contribution in [0, 0.1) is 0 Å². The van der Waals surface area contributed by atoms with E-state index in [1.807, 2.05) is 6.07 Å². The molecule has 0 saturated heterocycles. The van der Waals surface area contributed by atoms with E-state index in [4.69, 9.17) is 4.74 Å². The number of aromatic nitrogens is 1. The summed E-state index contributed by atoms with van der Waals surface area (Å²) in [5.74, 6) is 0. The minimum atomic E-state index is -1.49. The van der Waals surface area contributed by atoms with E-state index in [2.05, 4.69) is 18.1 Å². The molecule has 1 heterocycles. The van der Waals surface area contributed by atoms with E-state index in [9.17, 15) is 4.79 Å². The lowest BCUT2D eigenvalue weighted by atomic mass is 10.5. The average Bonchev–Trinajstić information content (AvgIpc) is 2.05. The smallest absolute Gasteiger partial charge is 0.247 e. The number of pyridine rings is 1. The average molecular weight is 197 g/mol. The van der Waals surface area contributed by atoms with E-state index in [1.165, 1.54) is 5.19 Å². The van der Waals surface area contributed by atoms with Gasteiger partial charge in [-0.05, 0) is 5.19 Å². The Hall–Kier alpha value is -0.873. The molecule has 0 aliphatic carbocycles. The molecule has 1 N–H and O–H groups in total. The first-order valence-electron chi connectivity index (χ1n) is 4.24. The van der Waals surface area contributed by atoms with Gasteiger partial charge in [0.1, 0.15) is 8.07 Å². The molecule has 0 aliphatic rings. The predicted octanol–water partition coefficient (Wildman–Crippen LogP) is 0.476. The van der Waals surface area contributed by atoms with E-state index in [-0.39, 0.29) is 5.56 Å². The first-order valence-corrected chi connectivity index (χ1v) is 7.45. The Bertz CT molecular complexity index is 312. The molecule has 3 nitrogen and oxygen atoms in total. The molecule has 0 aliphatic heterocycles. The quantitative estimate of drug-likeness (QED) is 0.716. The second kappa shape index (κ2) is 3.89. The fourth-order valence-corrected chi connectivity index (χ4v) is 3.16. The van der Waals surface area contributed by atoms with Crippen molar-refractivity contribution in [2.24, 2.45) is 0 Å². The maximum Gasteiger partial charge on any atom is 0.247 e. The highest BCUT2D eigenvalue weighted by Crippen LogP contribution is 2.01. The third kappa shape index (κ3) is 2.53. The van der Waals surface area contributed by atoms with E-state index in [0.717, 1.165) is 6.23 Å². The van der Waals surface area contributed by atoms with Crippen molar-refractivity contribution in [2.45, 2.75) is 13.1 Å². The standard InChI is InChI=1S/C9H15NO2Si/c1-12-7-13(2,3)8-4-5-9(11)10-6-8/h4-6H,7H2,1-3H3,(H,10,11). The van der Waals surface area contributed by atoms with Gasteiger partial charge in [-0.25, -0.2) is 0 Å². The van der Waals surface area contributed by atoms with Gasteiger partial charge in [-0.1, -0.05) is 19.2 Å². The van der Waals surface area contributed by atoms with Crippen LogP contribution in [-0.2, 0) is 4.74 Å². The number of H-pyrrole nitrogens is 1. The Morgan fingerprint density at radius 1 is 1.46 bits per heavy atom. The van der Waals surface area contributed by atoms with Crippen LogP contribution in [0.3, 0.4) is 0 Å². The number of rotatable bonds is 3. The summed E-state index contributed by atoms with van der Waals surface area (Å²) in [5.41, 5.74) is -0.0500. The molecule has 0 fully saturated rings. The largest absolute Gasteiger partial charge is 0.388 e. The zero-order valence-electron chi connectivity index (χ0n) is 8.26. The summed E-state index contributed by atoms with van der Waals surface area (Å²) in [6.07, 6.45) is 2.58. The van der Waals surface area contributed by atoms with Gasteiger partial charge in [0.2, 0.25) is 5.56 Å².